The zero-order valence-corrected chi connectivity index (χ0v) is 6.58. The smallest absolute Gasteiger partial charge is 0.267 e. The van der Waals surface area contributed by atoms with Gasteiger partial charge in [0.2, 0.25) is 0 Å². The van der Waals surface area contributed by atoms with Crippen LogP contribution in [0.4, 0.5) is 0 Å². The highest BCUT2D eigenvalue weighted by Gasteiger charge is 2.44. The number of primary amides is 2. The fourth-order valence-electron chi connectivity index (χ4n) is 0.714. The molecule has 64 valence electrons. The zero-order chi connectivity index (χ0) is 9.35. The third kappa shape index (κ3) is 1.06. The van der Waals surface area contributed by atoms with Gasteiger partial charge in [-0.2, -0.15) is 10.2 Å². The van der Waals surface area contributed by atoms with E-state index < -0.39 is 16.8 Å². The van der Waals surface area contributed by atoms with E-state index in [1.165, 1.54) is 0 Å². The maximum absolute atomic E-state index is 10.7. The van der Waals surface area contributed by atoms with E-state index in [0.29, 0.717) is 0 Å². The first-order valence-corrected chi connectivity index (χ1v) is 3.27. The Morgan fingerprint density at radius 3 is 2.42 bits per heavy atom. The molecule has 0 bridgehead atoms. The minimum atomic E-state index is -1.91. The Labute approximate surface area is 72.3 Å². The van der Waals surface area contributed by atoms with Crippen LogP contribution in [0.2, 0.25) is 0 Å². The molecule has 7 heteroatoms. The summed E-state index contributed by atoms with van der Waals surface area (Å²) >= 11 is 5.56. The second kappa shape index (κ2) is 2.56. The molecule has 6 nitrogen and oxygen atoms in total. The van der Waals surface area contributed by atoms with Crippen LogP contribution in [0.3, 0.4) is 0 Å². The van der Waals surface area contributed by atoms with Gasteiger partial charge in [0.15, 0.2) is 0 Å². The average Bonchev–Trinajstić information content (AvgIpc) is 2.32. The van der Waals surface area contributed by atoms with Crippen LogP contribution < -0.4 is 11.5 Å². The number of hydrogen-bond donors (Lipinski definition) is 2. The minimum Gasteiger partial charge on any atom is -0.366 e. The molecule has 0 spiro atoms. The van der Waals surface area contributed by atoms with E-state index in [4.69, 9.17) is 23.1 Å². The van der Waals surface area contributed by atoms with Crippen LogP contribution in [0.15, 0.2) is 22.0 Å². The van der Waals surface area contributed by atoms with E-state index in [1.807, 2.05) is 0 Å². The van der Waals surface area contributed by atoms with Crippen LogP contribution in [-0.4, -0.2) is 16.8 Å². The standard InChI is InChI=1S/C5H5ClN4O2/c6-5(4(8)12)2(3(7)11)1-9-10-5/h1H,(H2,7,11)(H2,8,12). The highest BCUT2D eigenvalue weighted by molar-refractivity contribution is 6.39. The van der Waals surface area contributed by atoms with Crippen molar-refractivity contribution in [1.82, 2.24) is 0 Å². The molecular weight excluding hydrogens is 184 g/mol. The summed E-state index contributed by atoms with van der Waals surface area (Å²) in [5.41, 5.74) is 9.57. The summed E-state index contributed by atoms with van der Waals surface area (Å²) in [6, 6.07) is 0. The van der Waals surface area contributed by atoms with Gasteiger partial charge in [-0.15, -0.1) is 0 Å². The van der Waals surface area contributed by atoms with Crippen molar-refractivity contribution < 1.29 is 9.59 Å². The molecule has 1 aliphatic rings. The largest absolute Gasteiger partial charge is 0.366 e. The number of carbonyl (C=O) groups excluding carboxylic acids is 2. The number of rotatable bonds is 2. The summed E-state index contributed by atoms with van der Waals surface area (Å²) in [4.78, 5) is 19.5. The average molecular weight is 189 g/mol. The SMILES string of the molecule is NC(=O)C1=CN=NC1(Cl)C(N)=O. The molecule has 0 aliphatic carbocycles. The lowest BCUT2D eigenvalue weighted by Crippen LogP contribution is -2.41. The lowest BCUT2D eigenvalue weighted by Gasteiger charge is -2.13. The summed E-state index contributed by atoms with van der Waals surface area (Å²) in [5.74, 6) is -1.84. The minimum absolute atomic E-state index is 0.211. The van der Waals surface area contributed by atoms with Crippen molar-refractivity contribution in [3.05, 3.63) is 11.8 Å². The summed E-state index contributed by atoms with van der Waals surface area (Å²) in [6.07, 6.45) is 1.01. The van der Waals surface area contributed by atoms with Crippen molar-refractivity contribution in [2.75, 3.05) is 0 Å². The number of azo groups is 1. The van der Waals surface area contributed by atoms with Crippen LogP contribution in [0, 0.1) is 0 Å². The van der Waals surface area contributed by atoms with Gasteiger partial charge in [-0.1, -0.05) is 11.6 Å². The van der Waals surface area contributed by atoms with E-state index in [0.717, 1.165) is 6.20 Å². The van der Waals surface area contributed by atoms with Crippen molar-refractivity contribution in [2.45, 2.75) is 5.00 Å². The summed E-state index contributed by atoms with van der Waals surface area (Å²) < 4.78 is 0. The molecule has 1 unspecified atom stereocenters. The van der Waals surface area contributed by atoms with E-state index in [2.05, 4.69) is 10.2 Å². The zero-order valence-electron chi connectivity index (χ0n) is 5.82. The fourth-order valence-corrected chi connectivity index (χ4v) is 0.900. The van der Waals surface area contributed by atoms with Gasteiger partial charge in [-0.05, 0) is 0 Å². The number of nitrogens with two attached hydrogens (primary N) is 2. The quantitative estimate of drug-likeness (QED) is 0.439. The monoisotopic (exact) mass is 188 g/mol. The van der Waals surface area contributed by atoms with Crippen molar-refractivity contribution in [2.24, 2.45) is 21.7 Å². The molecule has 1 atom stereocenters. The molecule has 2 amide bonds. The topological polar surface area (TPSA) is 111 Å². The van der Waals surface area contributed by atoms with Crippen LogP contribution in [0.25, 0.3) is 0 Å². The Kier molecular flexibility index (Phi) is 1.85. The Hall–Kier alpha value is -1.43. The molecule has 0 fully saturated rings. The van der Waals surface area contributed by atoms with Gasteiger partial charge in [0.25, 0.3) is 16.8 Å². The van der Waals surface area contributed by atoms with Gasteiger partial charge in [0, 0.05) is 0 Å². The van der Waals surface area contributed by atoms with Crippen LogP contribution in [-0.2, 0) is 9.59 Å². The van der Waals surface area contributed by atoms with Gasteiger partial charge >= 0.3 is 0 Å². The normalized spacial score (nSPS) is 26.9. The van der Waals surface area contributed by atoms with Gasteiger partial charge in [-0.3, -0.25) is 9.59 Å². The van der Waals surface area contributed by atoms with Crippen molar-refractivity contribution in [3.63, 3.8) is 0 Å². The summed E-state index contributed by atoms with van der Waals surface area (Å²) in [7, 11) is 0. The van der Waals surface area contributed by atoms with E-state index >= 15 is 0 Å². The number of hydrogen-bond acceptors (Lipinski definition) is 4. The van der Waals surface area contributed by atoms with Crippen molar-refractivity contribution in [3.8, 4) is 0 Å². The second-order valence-corrected chi connectivity index (χ2v) is 2.66. The molecule has 12 heavy (non-hydrogen) atoms. The van der Waals surface area contributed by atoms with E-state index in [1.54, 1.807) is 0 Å². The number of alkyl halides is 1. The van der Waals surface area contributed by atoms with Gasteiger partial charge in [0.05, 0.1) is 11.8 Å². The van der Waals surface area contributed by atoms with E-state index in [9.17, 15) is 9.59 Å². The maximum atomic E-state index is 10.7. The third-order valence-corrected chi connectivity index (χ3v) is 1.80. The Morgan fingerprint density at radius 1 is 1.50 bits per heavy atom. The van der Waals surface area contributed by atoms with Crippen LogP contribution >= 0.6 is 11.6 Å². The first-order chi connectivity index (χ1) is 5.48. The molecule has 0 saturated carbocycles. The summed E-state index contributed by atoms with van der Waals surface area (Å²) in [6.45, 7) is 0. The second-order valence-electron chi connectivity index (χ2n) is 2.11. The van der Waals surface area contributed by atoms with Crippen molar-refractivity contribution >= 4 is 23.4 Å². The first-order valence-electron chi connectivity index (χ1n) is 2.90. The van der Waals surface area contributed by atoms with E-state index in [-0.39, 0.29) is 5.57 Å². The van der Waals surface area contributed by atoms with Crippen molar-refractivity contribution in [1.29, 1.82) is 0 Å². The van der Waals surface area contributed by atoms with Gasteiger partial charge in [-0.25, -0.2) is 0 Å². The predicted octanol–water partition coefficient (Wildman–Crippen LogP) is -0.758. The highest BCUT2D eigenvalue weighted by atomic mass is 35.5. The molecular formula is C5H5ClN4O2. The summed E-state index contributed by atoms with van der Waals surface area (Å²) in [5, 5.41) is 6.58. The molecule has 0 aromatic heterocycles. The molecule has 4 N–H and O–H groups in total. The fraction of sp³-hybridized carbons (Fsp3) is 0.200. The third-order valence-electron chi connectivity index (χ3n) is 1.33. The highest BCUT2D eigenvalue weighted by Crippen LogP contribution is 2.31. The number of nitrogens with zero attached hydrogens (tertiary/aromatic N) is 2. The Morgan fingerprint density at radius 2 is 2.08 bits per heavy atom. The Bertz CT molecular complexity index is 311. The first kappa shape index (κ1) is 8.66. The molecule has 0 saturated heterocycles. The molecule has 1 rings (SSSR count). The number of amides is 2. The lowest BCUT2D eigenvalue weighted by atomic mass is 10.1. The number of carbonyl (C=O) groups is 2. The predicted molar refractivity (Wildman–Crippen MR) is 39.9 cm³/mol. The van der Waals surface area contributed by atoms with Crippen LogP contribution in [0.1, 0.15) is 0 Å². The van der Waals surface area contributed by atoms with Gasteiger partial charge < -0.3 is 11.5 Å². The number of halogens is 1. The van der Waals surface area contributed by atoms with Crippen LogP contribution in [0.5, 0.6) is 0 Å². The molecule has 1 aliphatic heterocycles. The molecule has 1 heterocycles. The molecule has 0 radical (unpaired) electrons. The Balaban J connectivity index is 3.09. The molecule has 0 aromatic rings. The maximum Gasteiger partial charge on any atom is 0.267 e. The molecule has 0 aromatic carbocycles. The lowest BCUT2D eigenvalue weighted by molar-refractivity contribution is -0.122. The van der Waals surface area contributed by atoms with Gasteiger partial charge in [0.1, 0.15) is 0 Å².